The van der Waals surface area contributed by atoms with E-state index < -0.39 is 0 Å². The third-order valence-corrected chi connectivity index (χ3v) is 4.19. The number of halogens is 1. The molecular weight excluding hydrogens is 302 g/mol. The van der Waals surface area contributed by atoms with Crippen LogP contribution in [0, 0.1) is 0 Å². The van der Waals surface area contributed by atoms with Gasteiger partial charge in [-0.2, -0.15) is 0 Å². The van der Waals surface area contributed by atoms with Crippen LogP contribution in [0.1, 0.15) is 37.3 Å². The van der Waals surface area contributed by atoms with E-state index in [-0.39, 0.29) is 0 Å². The summed E-state index contributed by atoms with van der Waals surface area (Å²) < 4.78 is 1.10. The SMILES string of the molecule is CCc1[nH]c([C@@H]2CCCN2)nc1-c1ccc(Br)cc1. The molecule has 0 amide bonds. The summed E-state index contributed by atoms with van der Waals surface area (Å²) in [7, 11) is 0. The van der Waals surface area contributed by atoms with Crippen molar-refractivity contribution in [2.24, 2.45) is 0 Å². The van der Waals surface area contributed by atoms with E-state index in [4.69, 9.17) is 4.98 Å². The summed E-state index contributed by atoms with van der Waals surface area (Å²) in [5.74, 6) is 1.09. The molecule has 0 spiro atoms. The molecule has 1 saturated heterocycles. The van der Waals surface area contributed by atoms with Crippen LogP contribution in [0.5, 0.6) is 0 Å². The Morgan fingerprint density at radius 1 is 1.32 bits per heavy atom. The molecule has 1 aliphatic heterocycles. The molecule has 0 unspecified atom stereocenters. The fourth-order valence-electron chi connectivity index (χ4n) is 2.62. The van der Waals surface area contributed by atoms with Gasteiger partial charge in [0.15, 0.2) is 0 Å². The van der Waals surface area contributed by atoms with E-state index in [0.29, 0.717) is 6.04 Å². The molecule has 19 heavy (non-hydrogen) atoms. The molecule has 3 nitrogen and oxygen atoms in total. The number of hydrogen-bond donors (Lipinski definition) is 2. The number of aryl methyl sites for hydroxylation is 1. The molecule has 1 atom stereocenters. The van der Waals surface area contributed by atoms with E-state index in [1.54, 1.807) is 0 Å². The molecule has 0 radical (unpaired) electrons. The predicted octanol–water partition coefficient (Wildman–Crippen LogP) is 3.83. The number of rotatable bonds is 3. The second-order valence-corrected chi connectivity index (χ2v) is 5.87. The van der Waals surface area contributed by atoms with Crippen LogP contribution in [0.15, 0.2) is 28.7 Å². The first-order valence-corrected chi connectivity index (χ1v) is 7.65. The van der Waals surface area contributed by atoms with Crippen molar-refractivity contribution in [3.63, 3.8) is 0 Å². The van der Waals surface area contributed by atoms with E-state index >= 15 is 0 Å². The third kappa shape index (κ3) is 2.60. The topological polar surface area (TPSA) is 40.7 Å². The van der Waals surface area contributed by atoms with Gasteiger partial charge >= 0.3 is 0 Å². The van der Waals surface area contributed by atoms with Crippen molar-refractivity contribution in [3.05, 3.63) is 40.3 Å². The summed E-state index contributed by atoms with van der Waals surface area (Å²) in [6.07, 6.45) is 3.39. The Bertz CT molecular complexity index is 553. The number of nitrogens with one attached hydrogen (secondary N) is 2. The number of hydrogen-bond acceptors (Lipinski definition) is 2. The fourth-order valence-corrected chi connectivity index (χ4v) is 2.88. The molecule has 2 N–H and O–H groups in total. The molecule has 3 rings (SSSR count). The van der Waals surface area contributed by atoms with E-state index in [1.807, 2.05) is 0 Å². The van der Waals surface area contributed by atoms with Crippen LogP contribution in [0.25, 0.3) is 11.3 Å². The zero-order valence-corrected chi connectivity index (χ0v) is 12.6. The number of aromatic amines is 1. The minimum absolute atomic E-state index is 0.398. The Labute approximate surface area is 122 Å². The van der Waals surface area contributed by atoms with Crippen molar-refractivity contribution in [1.29, 1.82) is 0 Å². The fraction of sp³-hybridized carbons (Fsp3) is 0.400. The van der Waals surface area contributed by atoms with Crippen molar-refractivity contribution in [1.82, 2.24) is 15.3 Å². The predicted molar refractivity (Wildman–Crippen MR) is 81.1 cm³/mol. The molecule has 2 heterocycles. The minimum Gasteiger partial charge on any atom is -0.344 e. The summed E-state index contributed by atoms with van der Waals surface area (Å²) in [5, 5.41) is 3.50. The molecule has 0 aliphatic carbocycles. The Kier molecular flexibility index (Phi) is 3.71. The highest BCUT2D eigenvalue weighted by molar-refractivity contribution is 9.10. The van der Waals surface area contributed by atoms with Crippen molar-refractivity contribution >= 4 is 15.9 Å². The van der Waals surface area contributed by atoms with Gasteiger partial charge < -0.3 is 10.3 Å². The largest absolute Gasteiger partial charge is 0.344 e. The number of imidazole rings is 1. The molecule has 1 aromatic heterocycles. The van der Waals surface area contributed by atoms with E-state index in [9.17, 15) is 0 Å². The van der Waals surface area contributed by atoms with Gasteiger partial charge in [0.1, 0.15) is 5.82 Å². The van der Waals surface area contributed by atoms with Gasteiger partial charge in [-0.25, -0.2) is 4.98 Å². The molecule has 0 bridgehead atoms. The molecule has 100 valence electrons. The molecular formula is C15H18BrN3. The lowest BCUT2D eigenvalue weighted by molar-refractivity contribution is 0.611. The second-order valence-electron chi connectivity index (χ2n) is 4.96. The van der Waals surface area contributed by atoms with E-state index in [0.717, 1.165) is 29.0 Å². The normalized spacial score (nSPS) is 18.9. The maximum absolute atomic E-state index is 4.83. The van der Waals surface area contributed by atoms with Gasteiger partial charge in [0.25, 0.3) is 0 Å². The monoisotopic (exact) mass is 319 g/mol. The maximum Gasteiger partial charge on any atom is 0.124 e. The molecule has 0 saturated carbocycles. The van der Waals surface area contributed by atoms with Crippen molar-refractivity contribution in [2.75, 3.05) is 6.54 Å². The van der Waals surface area contributed by atoms with Gasteiger partial charge in [0.05, 0.1) is 11.7 Å². The van der Waals surface area contributed by atoms with E-state index in [2.05, 4.69) is 57.4 Å². The van der Waals surface area contributed by atoms with Crippen LogP contribution < -0.4 is 5.32 Å². The standard InChI is InChI=1S/C15H18BrN3/c1-2-12-14(10-5-7-11(16)8-6-10)19-15(18-12)13-4-3-9-17-13/h5-8,13,17H,2-4,9H2,1H3,(H,18,19)/t13-/m0/s1. The third-order valence-electron chi connectivity index (χ3n) is 3.66. The second kappa shape index (κ2) is 5.47. The summed E-state index contributed by atoms with van der Waals surface area (Å²) in [6.45, 7) is 3.27. The van der Waals surface area contributed by atoms with Gasteiger partial charge in [-0.3, -0.25) is 0 Å². The van der Waals surface area contributed by atoms with Crippen LogP contribution in [-0.4, -0.2) is 16.5 Å². The van der Waals surface area contributed by atoms with Gasteiger partial charge in [-0.05, 0) is 37.9 Å². The minimum atomic E-state index is 0.398. The number of benzene rings is 1. The summed E-state index contributed by atoms with van der Waals surface area (Å²) in [4.78, 5) is 8.33. The smallest absolute Gasteiger partial charge is 0.124 e. The Morgan fingerprint density at radius 3 is 2.74 bits per heavy atom. The molecule has 2 aromatic rings. The number of nitrogens with zero attached hydrogens (tertiary/aromatic N) is 1. The zero-order chi connectivity index (χ0) is 13.2. The molecule has 1 fully saturated rings. The highest BCUT2D eigenvalue weighted by Gasteiger charge is 2.21. The lowest BCUT2D eigenvalue weighted by atomic mass is 10.1. The highest BCUT2D eigenvalue weighted by atomic mass is 79.9. The van der Waals surface area contributed by atoms with Gasteiger partial charge in [-0.1, -0.05) is 35.0 Å². The first-order chi connectivity index (χ1) is 9.28. The van der Waals surface area contributed by atoms with Gasteiger partial charge in [-0.15, -0.1) is 0 Å². The van der Waals surface area contributed by atoms with Gasteiger partial charge in [0.2, 0.25) is 0 Å². The number of aromatic nitrogens is 2. The lowest BCUT2D eigenvalue weighted by Gasteiger charge is -2.04. The van der Waals surface area contributed by atoms with Gasteiger partial charge in [0, 0.05) is 15.7 Å². The highest BCUT2D eigenvalue weighted by Crippen LogP contribution is 2.28. The van der Waals surface area contributed by atoms with Crippen LogP contribution in [0.3, 0.4) is 0 Å². The number of H-pyrrole nitrogens is 1. The summed E-state index contributed by atoms with van der Waals surface area (Å²) >= 11 is 3.47. The van der Waals surface area contributed by atoms with Crippen LogP contribution >= 0.6 is 15.9 Å². The average Bonchev–Trinajstić information content (AvgIpc) is 3.08. The quantitative estimate of drug-likeness (QED) is 0.902. The lowest BCUT2D eigenvalue weighted by Crippen LogP contribution is -2.14. The summed E-state index contributed by atoms with van der Waals surface area (Å²) in [6, 6.07) is 8.76. The molecule has 1 aliphatic rings. The Balaban J connectivity index is 1.97. The average molecular weight is 320 g/mol. The van der Waals surface area contributed by atoms with Crippen LogP contribution in [-0.2, 0) is 6.42 Å². The van der Waals surface area contributed by atoms with Crippen LogP contribution in [0.4, 0.5) is 0 Å². The van der Waals surface area contributed by atoms with Crippen LogP contribution in [0.2, 0.25) is 0 Å². The molecule has 4 heteroatoms. The Morgan fingerprint density at radius 2 is 2.11 bits per heavy atom. The summed E-state index contributed by atoms with van der Waals surface area (Å²) in [5.41, 5.74) is 3.50. The van der Waals surface area contributed by atoms with Crippen molar-refractivity contribution < 1.29 is 0 Å². The molecule has 1 aromatic carbocycles. The Hall–Kier alpha value is -1.13. The van der Waals surface area contributed by atoms with Crippen molar-refractivity contribution in [2.45, 2.75) is 32.2 Å². The zero-order valence-electron chi connectivity index (χ0n) is 11.0. The first-order valence-electron chi connectivity index (χ1n) is 6.86. The van der Waals surface area contributed by atoms with E-state index in [1.165, 1.54) is 24.1 Å². The maximum atomic E-state index is 4.83. The first kappa shape index (κ1) is 12.9. The van der Waals surface area contributed by atoms with Crippen molar-refractivity contribution in [3.8, 4) is 11.3 Å².